The number of esters is 1. The van der Waals surface area contributed by atoms with Crippen molar-refractivity contribution >= 4 is 71.8 Å². The third-order valence-electron chi connectivity index (χ3n) is 7.52. The second-order valence-corrected chi connectivity index (χ2v) is 12.5. The molecule has 4 aromatic carbocycles. The van der Waals surface area contributed by atoms with E-state index in [4.69, 9.17) is 10.5 Å². The number of nitrogens with two attached hydrogens (primary N) is 1. The first-order valence-corrected chi connectivity index (χ1v) is 14.3. The maximum Gasteiger partial charge on any atom is 0.308 e. The van der Waals surface area contributed by atoms with E-state index in [0.29, 0.717) is 0 Å². The molecule has 202 valence electrons. The molecule has 1 aliphatic rings. The molecule has 0 aliphatic heterocycles. The number of fused-ring (bicyclic) bond motifs is 7. The zero-order chi connectivity index (χ0) is 28.2. The van der Waals surface area contributed by atoms with Crippen LogP contribution in [0.4, 0.5) is 0 Å². The molecule has 0 bridgehead atoms. The number of ketones is 1. The van der Waals surface area contributed by atoms with Crippen molar-refractivity contribution in [1.29, 1.82) is 0 Å². The van der Waals surface area contributed by atoms with Gasteiger partial charge in [0.2, 0.25) is 0 Å². The summed E-state index contributed by atoms with van der Waals surface area (Å²) in [5, 5.41) is 5.92. The molecule has 3 N–H and O–H groups in total. The highest BCUT2D eigenvalue weighted by molar-refractivity contribution is 9.10. The minimum atomic E-state index is -0.901. The zero-order valence-corrected chi connectivity index (χ0v) is 24.4. The van der Waals surface area contributed by atoms with Crippen LogP contribution in [0.25, 0.3) is 44.1 Å². The second kappa shape index (κ2) is 10.0. The predicted molar refractivity (Wildman–Crippen MR) is 166 cm³/mol. The number of H-pyrrole nitrogens is 1. The number of carbonyl (C=O) groups excluding carboxylic acids is 2. The molecule has 0 spiro atoms. The van der Waals surface area contributed by atoms with E-state index in [1.807, 2.05) is 12.1 Å². The van der Waals surface area contributed by atoms with Crippen LogP contribution in [0.1, 0.15) is 49.4 Å². The Labute approximate surface area is 241 Å². The molecule has 0 unspecified atom stereocenters. The van der Waals surface area contributed by atoms with Crippen LogP contribution in [0.5, 0.6) is 0 Å². The Kier molecular flexibility index (Phi) is 6.64. The van der Waals surface area contributed by atoms with Crippen molar-refractivity contribution in [3.63, 3.8) is 0 Å². The monoisotopic (exact) mass is 594 g/mol. The highest BCUT2D eigenvalue weighted by atomic mass is 79.9. The molecule has 1 heterocycles. The summed E-state index contributed by atoms with van der Waals surface area (Å²) in [6.45, 7) is 5.40. The number of Topliss-reactive ketones (excluding diaryl/α,β-unsaturated/α-hetero) is 1. The first-order chi connectivity index (χ1) is 19.1. The number of allylic oxidation sites excluding steroid dienone is 1. The van der Waals surface area contributed by atoms with Gasteiger partial charge >= 0.3 is 5.97 Å². The number of carbonyl (C=O) groups is 2. The fraction of sp³-hybridized carbons (Fsp3) is 0.235. The molecule has 1 atom stereocenters. The van der Waals surface area contributed by atoms with Gasteiger partial charge in [-0.2, -0.15) is 0 Å². The summed E-state index contributed by atoms with van der Waals surface area (Å²) in [4.78, 5) is 28.6. The molecule has 1 aromatic heterocycles. The molecule has 5 aromatic rings. The molecule has 0 fully saturated rings. The first kappa shape index (κ1) is 26.5. The van der Waals surface area contributed by atoms with Gasteiger partial charge in [-0.05, 0) is 95.3 Å². The number of rotatable bonds is 6. The highest BCUT2D eigenvalue weighted by Gasteiger charge is 2.25. The predicted octanol–water partition coefficient (Wildman–Crippen LogP) is 7.50. The molecule has 0 saturated carbocycles. The molecular formula is C34H31BrN2O3. The summed E-state index contributed by atoms with van der Waals surface area (Å²) < 4.78 is 6.40. The number of benzene rings is 4. The molecule has 0 saturated heterocycles. The Morgan fingerprint density at radius 3 is 2.50 bits per heavy atom. The van der Waals surface area contributed by atoms with Gasteiger partial charge in [-0.3, -0.25) is 9.59 Å². The fourth-order valence-electron chi connectivity index (χ4n) is 5.76. The van der Waals surface area contributed by atoms with Crippen molar-refractivity contribution in [2.75, 3.05) is 0 Å². The van der Waals surface area contributed by atoms with E-state index < -0.39 is 17.6 Å². The number of aromatic amines is 1. The Bertz CT molecular complexity index is 1860. The van der Waals surface area contributed by atoms with E-state index in [9.17, 15) is 9.59 Å². The van der Waals surface area contributed by atoms with Crippen molar-refractivity contribution in [3.05, 3.63) is 93.6 Å². The topological polar surface area (TPSA) is 85.2 Å². The standard InChI is InChI=1S/C34H31BrN2O3/c1-34(2,3)40-33(39)17-30(36)32(38)13-19-8-10-24-22-6-4-5-7-23(22)26-14-20(15-27(26)25(24)12-19)29-18-37-31-11-9-21(35)16-28(29)31/h4-12,14,16,18,30,37H,13,15,17,36H2,1-3H3/t30-/m0/s1. The van der Waals surface area contributed by atoms with E-state index in [-0.39, 0.29) is 18.6 Å². The zero-order valence-electron chi connectivity index (χ0n) is 22.8. The number of nitrogens with one attached hydrogen (secondary N) is 1. The first-order valence-electron chi connectivity index (χ1n) is 13.5. The average Bonchev–Trinajstić information content (AvgIpc) is 3.52. The second-order valence-electron chi connectivity index (χ2n) is 11.6. The van der Waals surface area contributed by atoms with Crippen LogP contribution in [0, 0.1) is 0 Å². The van der Waals surface area contributed by atoms with Crippen LogP contribution < -0.4 is 5.73 Å². The van der Waals surface area contributed by atoms with Crippen molar-refractivity contribution in [3.8, 4) is 0 Å². The van der Waals surface area contributed by atoms with E-state index >= 15 is 0 Å². The average molecular weight is 596 g/mol. The lowest BCUT2D eigenvalue weighted by Gasteiger charge is -2.20. The van der Waals surface area contributed by atoms with Crippen LogP contribution in [0.3, 0.4) is 0 Å². The lowest BCUT2D eigenvalue weighted by molar-refractivity contribution is -0.156. The van der Waals surface area contributed by atoms with Crippen LogP contribution in [-0.4, -0.2) is 28.4 Å². The van der Waals surface area contributed by atoms with E-state index in [2.05, 4.69) is 81.7 Å². The van der Waals surface area contributed by atoms with Crippen LogP contribution >= 0.6 is 15.9 Å². The smallest absolute Gasteiger partial charge is 0.308 e. The lowest BCUT2D eigenvalue weighted by Crippen LogP contribution is -2.36. The molecule has 0 radical (unpaired) electrons. The van der Waals surface area contributed by atoms with Crippen molar-refractivity contribution in [2.45, 2.75) is 51.7 Å². The summed E-state index contributed by atoms with van der Waals surface area (Å²) in [5.74, 6) is -0.634. The largest absolute Gasteiger partial charge is 0.460 e. The van der Waals surface area contributed by atoms with Gasteiger partial charge in [0.25, 0.3) is 0 Å². The van der Waals surface area contributed by atoms with Gasteiger partial charge in [-0.25, -0.2) is 0 Å². The SMILES string of the molecule is CC(C)(C)OC(=O)C[C@H](N)C(=O)Cc1ccc2c(c1)c1c(c3ccccc32)C=C(c2c[nH]c3ccc(Br)cc23)C1. The quantitative estimate of drug-likeness (QED) is 0.157. The Morgan fingerprint density at radius 1 is 0.975 bits per heavy atom. The molecular weight excluding hydrogens is 564 g/mol. The highest BCUT2D eigenvalue weighted by Crippen LogP contribution is 2.43. The van der Waals surface area contributed by atoms with Gasteiger partial charge in [-0.15, -0.1) is 0 Å². The molecule has 6 heteroatoms. The normalized spacial score (nSPS) is 14.0. The Morgan fingerprint density at radius 2 is 1.73 bits per heavy atom. The minimum Gasteiger partial charge on any atom is -0.460 e. The summed E-state index contributed by atoms with van der Waals surface area (Å²) in [7, 11) is 0. The molecule has 40 heavy (non-hydrogen) atoms. The van der Waals surface area contributed by atoms with Gasteiger partial charge in [0.05, 0.1) is 12.5 Å². The van der Waals surface area contributed by atoms with Gasteiger partial charge in [0, 0.05) is 33.6 Å². The van der Waals surface area contributed by atoms with Gasteiger partial charge in [0.15, 0.2) is 5.78 Å². The summed E-state index contributed by atoms with van der Waals surface area (Å²) in [6, 6.07) is 20.1. The van der Waals surface area contributed by atoms with Gasteiger partial charge < -0.3 is 15.5 Å². The van der Waals surface area contributed by atoms with Gasteiger partial charge in [0.1, 0.15) is 5.60 Å². The van der Waals surface area contributed by atoms with Crippen LogP contribution in [0.15, 0.2) is 71.3 Å². The van der Waals surface area contributed by atoms with Gasteiger partial charge in [-0.1, -0.05) is 58.4 Å². The minimum absolute atomic E-state index is 0.127. The molecule has 5 nitrogen and oxygen atoms in total. The number of hydrogen-bond acceptors (Lipinski definition) is 4. The lowest BCUT2D eigenvalue weighted by atomic mass is 9.90. The van der Waals surface area contributed by atoms with E-state index in [1.165, 1.54) is 43.8 Å². The van der Waals surface area contributed by atoms with Crippen molar-refractivity contribution in [1.82, 2.24) is 4.98 Å². The Balaban J connectivity index is 1.36. The number of hydrogen-bond donors (Lipinski definition) is 2. The third kappa shape index (κ3) is 4.98. The Hall–Kier alpha value is -3.74. The summed E-state index contributed by atoms with van der Waals surface area (Å²) in [6.07, 6.45) is 5.24. The summed E-state index contributed by atoms with van der Waals surface area (Å²) >= 11 is 3.62. The molecule has 6 rings (SSSR count). The van der Waals surface area contributed by atoms with Crippen LogP contribution in [-0.2, 0) is 27.2 Å². The van der Waals surface area contributed by atoms with E-state index in [1.54, 1.807) is 20.8 Å². The maximum absolute atomic E-state index is 13.0. The maximum atomic E-state index is 13.0. The molecule has 1 aliphatic carbocycles. The summed E-state index contributed by atoms with van der Waals surface area (Å²) in [5.41, 5.74) is 12.5. The number of aromatic nitrogens is 1. The van der Waals surface area contributed by atoms with E-state index in [0.717, 1.165) is 27.4 Å². The van der Waals surface area contributed by atoms with Crippen LogP contribution in [0.2, 0.25) is 0 Å². The third-order valence-corrected chi connectivity index (χ3v) is 8.01. The van der Waals surface area contributed by atoms with Crippen molar-refractivity contribution < 1.29 is 14.3 Å². The molecule has 0 amide bonds. The fourth-order valence-corrected chi connectivity index (χ4v) is 6.12. The number of halogens is 1. The number of ether oxygens (including phenoxy) is 1. The van der Waals surface area contributed by atoms with Crippen molar-refractivity contribution in [2.24, 2.45) is 5.73 Å².